The van der Waals surface area contributed by atoms with Crippen LogP contribution in [-0.2, 0) is 9.84 Å². The Morgan fingerprint density at radius 3 is 2.29 bits per heavy atom. The molecule has 0 radical (unpaired) electrons. The zero-order valence-electron chi connectivity index (χ0n) is 10.5. The van der Waals surface area contributed by atoms with Crippen LogP contribution < -0.4 is 5.73 Å². The average molecular weight is 255 g/mol. The number of nitrogens with two attached hydrogens (primary N) is 1. The molecule has 96 valence electrons. The van der Waals surface area contributed by atoms with E-state index in [1.54, 1.807) is 0 Å². The van der Waals surface area contributed by atoms with Gasteiger partial charge in [-0.05, 0) is 17.9 Å². The summed E-state index contributed by atoms with van der Waals surface area (Å²) in [5.41, 5.74) is 6.78. The summed E-state index contributed by atoms with van der Waals surface area (Å²) >= 11 is 0. The molecule has 0 amide bonds. The minimum atomic E-state index is -3.05. The van der Waals surface area contributed by atoms with Crippen molar-refractivity contribution in [2.75, 3.05) is 11.5 Å². The van der Waals surface area contributed by atoms with E-state index in [2.05, 4.69) is 0 Å². The molecule has 0 aromatic heterocycles. The Balaban J connectivity index is 2.59. The van der Waals surface area contributed by atoms with Gasteiger partial charge < -0.3 is 5.73 Å². The predicted molar refractivity (Wildman–Crippen MR) is 71.5 cm³/mol. The number of rotatable bonds is 6. The lowest BCUT2D eigenvalue weighted by Crippen LogP contribution is -2.24. The molecule has 1 unspecified atom stereocenters. The van der Waals surface area contributed by atoms with Gasteiger partial charge in [-0.25, -0.2) is 8.42 Å². The molecule has 1 aromatic carbocycles. The second kappa shape index (κ2) is 6.17. The van der Waals surface area contributed by atoms with Crippen molar-refractivity contribution >= 4 is 9.84 Å². The molecule has 1 aromatic rings. The summed E-state index contributed by atoms with van der Waals surface area (Å²) < 4.78 is 23.7. The van der Waals surface area contributed by atoms with E-state index in [4.69, 9.17) is 5.73 Å². The van der Waals surface area contributed by atoms with Crippen LogP contribution in [0.5, 0.6) is 0 Å². The normalized spacial score (nSPS) is 13.9. The van der Waals surface area contributed by atoms with Gasteiger partial charge in [0.15, 0.2) is 9.84 Å². The van der Waals surface area contributed by atoms with Crippen molar-refractivity contribution in [1.29, 1.82) is 0 Å². The van der Waals surface area contributed by atoms with Gasteiger partial charge in [-0.15, -0.1) is 0 Å². The van der Waals surface area contributed by atoms with Gasteiger partial charge in [0.25, 0.3) is 0 Å². The molecule has 0 spiro atoms. The van der Waals surface area contributed by atoms with Crippen LogP contribution in [0.3, 0.4) is 0 Å². The monoisotopic (exact) mass is 255 g/mol. The van der Waals surface area contributed by atoms with E-state index < -0.39 is 15.9 Å². The highest BCUT2D eigenvalue weighted by atomic mass is 32.2. The highest BCUT2D eigenvalue weighted by Crippen LogP contribution is 2.13. The summed E-state index contributed by atoms with van der Waals surface area (Å²) in [5.74, 6) is 0.660. The van der Waals surface area contributed by atoms with Gasteiger partial charge in [-0.3, -0.25) is 0 Å². The third-order valence-electron chi connectivity index (χ3n) is 2.67. The molecular formula is C13H21NO2S. The Hall–Kier alpha value is -0.870. The van der Waals surface area contributed by atoms with Crippen molar-refractivity contribution in [3.8, 4) is 0 Å². The van der Waals surface area contributed by atoms with Crippen molar-refractivity contribution in [3.63, 3.8) is 0 Å². The number of hydrogen-bond acceptors (Lipinski definition) is 3. The molecule has 0 aliphatic carbocycles. The van der Waals surface area contributed by atoms with Crippen LogP contribution in [0.4, 0.5) is 0 Å². The Morgan fingerprint density at radius 2 is 1.76 bits per heavy atom. The molecule has 17 heavy (non-hydrogen) atoms. The predicted octanol–water partition coefficient (Wildman–Crippen LogP) is 2.15. The summed E-state index contributed by atoms with van der Waals surface area (Å²) in [4.78, 5) is 0. The number of benzene rings is 1. The van der Waals surface area contributed by atoms with E-state index in [-0.39, 0.29) is 11.5 Å². The number of hydrogen-bond donors (Lipinski definition) is 1. The standard InChI is InChI=1S/C13H21NO2S/c1-11(2)8-9-17(15,16)10-13(14)12-6-4-3-5-7-12/h3-7,11,13H,8-10,14H2,1-2H3. The summed E-state index contributed by atoms with van der Waals surface area (Å²) in [6.07, 6.45) is 0.698. The molecule has 0 fully saturated rings. The maximum Gasteiger partial charge on any atom is 0.152 e. The van der Waals surface area contributed by atoms with Crippen LogP contribution in [0.2, 0.25) is 0 Å². The summed E-state index contributed by atoms with van der Waals surface area (Å²) in [6.45, 7) is 4.04. The fourth-order valence-corrected chi connectivity index (χ4v) is 3.31. The van der Waals surface area contributed by atoms with Gasteiger partial charge in [0.05, 0.1) is 11.5 Å². The molecule has 2 N–H and O–H groups in total. The quantitative estimate of drug-likeness (QED) is 0.847. The Bertz CT molecular complexity index is 426. The van der Waals surface area contributed by atoms with Crippen LogP contribution in [0, 0.1) is 5.92 Å². The smallest absolute Gasteiger partial charge is 0.152 e. The molecule has 0 bridgehead atoms. The lowest BCUT2D eigenvalue weighted by atomic mass is 10.1. The van der Waals surface area contributed by atoms with Gasteiger partial charge in [-0.2, -0.15) is 0 Å². The summed E-state index contributed by atoms with van der Waals surface area (Å²) in [6, 6.07) is 8.94. The SMILES string of the molecule is CC(C)CCS(=O)(=O)CC(N)c1ccccc1. The molecule has 0 heterocycles. The second-order valence-corrected chi connectivity index (χ2v) is 7.04. The molecule has 3 nitrogen and oxygen atoms in total. The summed E-state index contributed by atoms with van der Waals surface area (Å²) in [5, 5.41) is 0. The van der Waals surface area contributed by atoms with Crippen molar-refractivity contribution in [2.45, 2.75) is 26.3 Å². The van der Waals surface area contributed by atoms with Crippen molar-refractivity contribution in [3.05, 3.63) is 35.9 Å². The van der Waals surface area contributed by atoms with Gasteiger partial charge in [0.1, 0.15) is 0 Å². The summed E-state index contributed by atoms with van der Waals surface area (Å²) in [7, 11) is -3.05. The fraction of sp³-hybridized carbons (Fsp3) is 0.538. The first-order valence-electron chi connectivity index (χ1n) is 5.91. The second-order valence-electron chi connectivity index (χ2n) is 4.81. The zero-order valence-corrected chi connectivity index (χ0v) is 11.3. The Labute approximate surface area is 104 Å². The van der Waals surface area contributed by atoms with E-state index in [1.165, 1.54) is 0 Å². The van der Waals surface area contributed by atoms with Crippen molar-refractivity contribution in [2.24, 2.45) is 11.7 Å². The van der Waals surface area contributed by atoms with Crippen molar-refractivity contribution in [1.82, 2.24) is 0 Å². The van der Waals surface area contributed by atoms with Crippen LogP contribution >= 0.6 is 0 Å². The van der Waals surface area contributed by atoms with Crippen LogP contribution in [0.1, 0.15) is 31.9 Å². The van der Waals surface area contributed by atoms with Gasteiger partial charge in [0.2, 0.25) is 0 Å². The molecule has 4 heteroatoms. The molecule has 0 aliphatic heterocycles. The lowest BCUT2D eigenvalue weighted by molar-refractivity contribution is 0.568. The highest BCUT2D eigenvalue weighted by molar-refractivity contribution is 7.91. The molecule has 1 rings (SSSR count). The first kappa shape index (κ1) is 14.2. The highest BCUT2D eigenvalue weighted by Gasteiger charge is 2.17. The Morgan fingerprint density at radius 1 is 1.18 bits per heavy atom. The third kappa shape index (κ3) is 5.33. The van der Waals surface area contributed by atoms with E-state index in [1.807, 2.05) is 44.2 Å². The first-order valence-corrected chi connectivity index (χ1v) is 7.74. The maximum atomic E-state index is 11.8. The van der Waals surface area contributed by atoms with Crippen LogP contribution in [0.15, 0.2) is 30.3 Å². The molecule has 1 atom stereocenters. The van der Waals surface area contributed by atoms with Gasteiger partial charge >= 0.3 is 0 Å². The van der Waals surface area contributed by atoms with Crippen molar-refractivity contribution < 1.29 is 8.42 Å². The molecule has 0 saturated carbocycles. The van der Waals surface area contributed by atoms with E-state index in [9.17, 15) is 8.42 Å². The largest absolute Gasteiger partial charge is 0.323 e. The molecule has 0 saturated heterocycles. The molecule has 0 aliphatic rings. The minimum absolute atomic E-state index is 0.0315. The fourth-order valence-electron chi connectivity index (χ4n) is 1.57. The zero-order chi connectivity index (χ0) is 12.9. The average Bonchev–Trinajstić information content (AvgIpc) is 2.27. The topological polar surface area (TPSA) is 60.2 Å². The third-order valence-corrected chi connectivity index (χ3v) is 4.39. The lowest BCUT2D eigenvalue weighted by Gasteiger charge is -2.13. The van der Waals surface area contributed by atoms with E-state index in [0.717, 1.165) is 5.56 Å². The maximum absolute atomic E-state index is 11.8. The van der Waals surface area contributed by atoms with Gasteiger partial charge in [0, 0.05) is 6.04 Å². The number of sulfone groups is 1. The van der Waals surface area contributed by atoms with Crippen LogP contribution in [-0.4, -0.2) is 19.9 Å². The van der Waals surface area contributed by atoms with E-state index >= 15 is 0 Å². The van der Waals surface area contributed by atoms with Crippen LogP contribution in [0.25, 0.3) is 0 Å². The Kier molecular flexibility index (Phi) is 5.15. The molecular weight excluding hydrogens is 234 g/mol. The minimum Gasteiger partial charge on any atom is -0.323 e. The first-order chi connectivity index (χ1) is 7.91. The van der Waals surface area contributed by atoms with Gasteiger partial charge in [-0.1, -0.05) is 44.2 Å². The van der Waals surface area contributed by atoms with E-state index in [0.29, 0.717) is 12.3 Å².